The summed E-state index contributed by atoms with van der Waals surface area (Å²) in [5, 5.41) is 8.77. The number of carboxylic acid groups (broad SMARTS) is 1. The predicted octanol–water partition coefficient (Wildman–Crippen LogP) is 2.33. The van der Waals surface area contributed by atoms with Gasteiger partial charge in [0.2, 0.25) is 0 Å². The quantitative estimate of drug-likeness (QED) is 0.816. The summed E-state index contributed by atoms with van der Waals surface area (Å²) in [6.45, 7) is 3.56. The average Bonchev–Trinajstić information content (AvgIpc) is 2.17. The highest BCUT2D eigenvalue weighted by atomic mass is 79.9. The normalized spacial score (nSPS) is 12.1. The van der Waals surface area contributed by atoms with Crippen molar-refractivity contribution in [2.75, 3.05) is 0 Å². The number of aromatic carboxylic acids is 1. The van der Waals surface area contributed by atoms with Crippen LogP contribution in [0, 0.1) is 0 Å². The van der Waals surface area contributed by atoms with Gasteiger partial charge in [-0.15, -0.1) is 6.58 Å². The van der Waals surface area contributed by atoms with Crippen LogP contribution in [-0.2, 0) is 0 Å². The van der Waals surface area contributed by atoms with Gasteiger partial charge in [-0.3, -0.25) is 0 Å². The Bertz CT molecular complexity index is 376. The topological polar surface area (TPSA) is 63.3 Å². The minimum atomic E-state index is -0.963. The molecule has 0 saturated heterocycles. The molecule has 0 aliphatic rings. The molecule has 1 atom stereocenters. The molecule has 74 valence electrons. The third kappa shape index (κ3) is 2.21. The largest absolute Gasteiger partial charge is 0.478 e. The molecule has 0 spiro atoms. The van der Waals surface area contributed by atoms with Crippen molar-refractivity contribution in [1.82, 2.24) is 0 Å². The maximum absolute atomic E-state index is 10.7. The van der Waals surface area contributed by atoms with Gasteiger partial charge in [0.1, 0.15) is 0 Å². The molecule has 1 unspecified atom stereocenters. The Labute approximate surface area is 90.4 Å². The third-order valence-electron chi connectivity index (χ3n) is 1.86. The van der Waals surface area contributed by atoms with E-state index in [0.29, 0.717) is 0 Å². The molecule has 0 radical (unpaired) electrons. The average molecular weight is 256 g/mol. The van der Waals surface area contributed by atoms with Crippen LogP contribution in [0.3, 0.4) is 0 Å². The Morgan fingerprint density at radius 2 is 2.29 bits per heavy atom. The van der Waals surface area contributed by atoms with Crippen molar-refractivity contribution in [1.29, 1.82) is 0 Å². The SMILES string of the molecule is C=CC(N)c1cc(C(=O)O)ccc1Br. The van der Waals surface area contributed by atoms with Crippen molar-refractivity contribution >= 4 is 21.9 Å². The zero-order valence-corrected chi connectivity index (χ0v) is 8.99. The second-order valence-corrected chi connectivity index (χ2v) is 3.66. The van der Waals surface area contributed by atoms with Gasteiger partial charge in [0.25, 0.3) is 0 Å². The zero-order chi connectivity index (χ0) is 10.7. The summed E-state index contributed by atoms with van der Waals surface area (Å²) in [7, 11) is 0. The lowest BCUT2D eigenvalue weighted by molar-refractivity contribution is 0.0696. The maximum atomic E-state index is 10.7. The van der Waals surface area contributed by atoms with E-state index in [1.54, 1.807) is 18.2 Å². The minimum absolute atomic E-state index is 0.223. The van der Waals surface area contributed by atoms with Gasteiger partial charge in [0, 0.05) is 10.5 Å². The summed E-state index contributed by atoms with van der Waals surface area (Å²) in [4.78, 5) is 10.7. The van der Waals surface area contributed by atoms with Crippen molar-refractivity contribution < 1.29 is 9.90 Å². The van der Waals surface area contributed by atoms with E-state index in [1.165, 1.54) is 6.07 Å². The van der Waals surface area contributed by atoms with E-state index in [4.69, 9.17) is 10.8 Å². The van der Waals surface area contributed by atoms with Crippen LogP contribution < -0.4 is 5.73 Å². The van der Waals surface area contributed by atoms with Crippen molar-refractivity contribution in [3.05, 3.63) is 46.5 Å². The summed E-state index contributed by atoms with van der Waals surface area (Å²) in [5.41, 5.74) is 6.67. The highest BCUT2D eigenvalue weighted by Crippen LogP contribution is 2.23. The fraction of sp³-hybridized carbons (Fsp3) is 0.100. The van der Waals surface area contributed by atoms with Gasteiger partial charge in [-0.05, 0) is 23.8 Å². The first-order chi connectivity index (χ1) is 6.56. The Morgan fingerprint density at radius 3 is 2.79 bits per heavy atom. The molecule has 1 aromatic carbocycles. The molecule has 0 saturated carbocycles. The Morgan fingerprint density at radius 1 is 1.64 bits per heavy atom. The van der Waals surface area contributed by atoms with E-state index < -0.39 is 5.97 Å². The highest BCUT2D eigenvalue weighted by Gasteiger charge is 2.10. The molecule has 0 fully saturated rings. The fourth-order valence-electron chi connectivity index (χ4n) is 1.06. The smallest absolute Gasteiger partial charge is 0.335 e. The molecule has 3 N–H and O–H groups in total. The monoisotopic (exact) mass is 255 g/mol. The number of hydrogen-bond donors (Lipinski definition) is 2. The molecule has 4 heteroatoms. The number of nitrogens with two attached hydrogens (primary N) is 1. The van der Waals surface area contributed by atoms with E-state index in [-0.39, 0.29) is 11.6 Å². The summed E-state index contributed by atoms with van der Waals surface area (Å²) in [6.07, 6.45) is 1.56. The van der Waals surface area contributed by atoms with Gasteiger partial charge in [-0.25, -0.2) is 4.79 Å². The van der Waals surface area contributed by atoms with Gasteiger partial charge in [-0.1, -0.05) is 22.0 Å². The second-order valence-electron chi connectivity index (χ2n) is 2.80. The van der Waals surface area contributed by atoms with E-state index in [9.17, 15) is 4.79 Å². The molecule has 0 aliphatic carbocycles. The van der Waals surface area contributed by atoms with E-state index in [1.807, 2.05) is 0 Å². The Kier molecular flexibility index (Phi) is 3.43. The van der Waals surface area contributed by atoms with Crippen molar-refractivity contribution in [2.24, 2.45) is 5.73 Å². The standard InChI is InChI=1S/C10H10BrNO2/c1-2-9(12)7-5-6(10(13)14)3-4-8(7)11/h2-5,9H,1,12H2,(H,13,14). The maximum Gasteiger partial charge on any atom is 0.335 e. The van der Waals surface area contributed by atoms with Gasteiger partial charge in [-0.2, -0.15) is 0 Å². The van der Waals surface area contributed by atoms with Crippen LogP contribution in [-0.4, -0.2) is 11.1 Å². The molecule has 0 amide bonds. The summed E-state index contributed by atoms with van der Waals surface area (Å²) < 4.78 is 0.787. The van der Waals surface area contributed by atoms with Crippen LogP contribution in [0.25, 0.3) is 0 Å². The van der Waals surface area contributed by atoms with Crippen LogP contribution in [0.5, 0.6) is 0 Å². The van der Waals surface area contributed by atoms with Crippen molar-refractivity contribution in [2.45, 2.75) is 6.04 Å². The van der Waals surface area contributed by atoms with Gasteiger partial charge >= 0.3 is 5.97 Å². The Hall–Kier alpha value is -1.13. The first kappa shape index (κ1) is 10.9. The Balaban J connectivity index is 3.20. The second kappa shape index (κ2) is 4.39. The molecule has 14 heavy (non-hydrogen) atoms. The molecule has 0 aromatic heterocycles. The van der Waals surface area contributed by atoms with Crippen LogP contribution in [0.15, 0.2) is 35.3 Å². The molecule has 3 nitrogen and oxygen atoms in total. The molecule has 1 rings (SSSR count). The van der Waals surface area contributed by atoms with Crippen molar-refractivity contribution in [3.8, 4) is 0 Å². The molecule has 1 aromatic rings. The number of benzene rings is 1. The number of rotatable bonds is 3. The van der Waals surface area contributed by atoms with Crippen LogP contribution in [0.1, 0.15) is 22.0 Å². The lowest BCUT2D eigenvalue weighted by Crippen LogP contribution is -2.09. The lowest BCUT2D eigenvalue weighted by atomic mass is 10.0. The van der Waals surface area contributed by atoms with Gasteiger partial charge < -0.3 is 10.8 Å². The number of carboxylic acids is 1. The molecule has 0 aliphatic heterocycles. The summed E-state index contributed by atoms with van der Waals surface area (Å²) in [5.74, 6) is -0.963. The van der Waals surface area contributed by atoms with Crippen LogP contribution >= 0.6 is 15.9 Å². The first-order valence-corrected chi connectivity index (χ1v) is 4.76. The third-order valence-corrected chi connectivity index (χ3v) is 2.58. The fourth-order valence-corrected chi connectivity index (χ4v) is 1.57. The van der Waals surface area contributed by atoms with E-state index >= 15 is 0 Å². The molecule has 0 heterocycles. The van der Waals surface area contributed by atoms with E-state index in [2.05, 4.69) is 22.5 Å². The number of halogens is 1. The molecular formula is C10H10BrNO2. The first-order valence-electron chi connectivity index (χ1n) is 3.97. The zero-order valence-electron chi connectivity index (χ0n) is 7.40. The molecule has 0 bridgehead atoms. The van der Waals surface area contributed by atoms with Gasteiger partial charge in [0.05, 0.1) is 5.56 Å². The summed E-state index contributed by atoms with van der Waals surface area (Å²) >= 11 is 3.30. The highest BCUT2D eigenvalue weighted by molar-refractivity contribution is 9.10. The lowest BCUT2D eigenvalue weighted by Gasteiger charge is -2.09. The minimum Gasteiger partial charge on any atom is -0.478 e. The van der Waals surface area contributed by atoms with Crippen molar-refractivity contribution in [3.63, 3.8) is 0 Å². The number of hydrogen-bond acceptors (Lipinski definition) is 2. The van der Waals surface area contributed by atoms with Gasteiger partial charge in [0.15, 0.2) is 0 Å². The van der Waals surface area contributed by atoms with E-state index in [0.717, 1.165) is 10.0 Å². The van der Waals surface area contributed by atoms with Crippen LogP contribution in [0.2, 0.25) is 0 Å². The van der Waals surface area contributed by atoms with Crippen LogP contribution in [0.4, 0.5) is 0 Å². The predicted molar refractivity (Wildman–Crippen MR) is 58.2 cm³/mol. The summed E-state index contributed by atoms with van der Waals surface area (Å²) in [6, 6.07) is 4.37. The molecular weight excluding hydrogens is 246 g/mol. The number of carbonyl (C=O) groups is 1.